The van der Waals surface area contributed by atoms with Crippen molar-refractivity contribution in [2.24, 2.45) is 0 Å². The third-order valence-electron chi connectivity index (χ3n) is 4.73. The Kier molecular flexibility index (Phi) is 11.8. The minimum Gasteiger partial charge on any atom is -0.496 e. The summed E-state index contributed by atoms with van der Waals surface area (Å²) in [6, 6.07) is 8.14. The first-order valence-electron chi connectivity index (χ1n) is 10.2. The van der Waals surface area contributed by atoms with Crippen LogP contribution in [0.2, 0.25) is 0 Å². The molecule has 0 bridgehead atoms. The molecule has 0 saturated carbocycles. The molecule has 2 rings (SSSR count). The number of methoxy groups -OCH3 is 1. The maximum atomic E-state index is 9.43. The summed E-state index contributed by atoms with van der Waals surface area (Å²) in [5, 5.41) is 13.0. The molecule has 1 aromatic carbocycles. The highest BCUT2D eigenvalue weighted by Gasteiger charge is 2.18. The van der Waals surface area contributed by atoms with Crippen LogP contribution in [-0.4, -0.2) is 41.0 Å². The predicted molar refractivity (Wildman–Crippen MR) is 115 cm³/mol. The van der Waals surface area contributed by atoms with Crippen molar-refractivity contribution in [3.05, 3.63) is 41.1 Å². The molecule has 0 saturated heterocycles. The van der Waals surface area contributed by atoms with E-state index in [0.717, 1.165) is 54.1 Å². The average molecular weight is 417 g/mol. The van der Waals surface area contributed by atoms with E-state index in [1.54, 1.807) is 7.11 Å². The fourth-order valence-corrected chi connectivity index (χ4v) is 3.27. The molecule has 0 aliphatic heterocycles. The van der Waals surface area contributed by atoms with Crippen LogP contribution in [0.15, 0.2) is 24.3 Å². The number of aromatic nitrogens is 2. The Morgan fingerprint density at radius 2 is 1.90 bits per heavy atom. The number of nitrogen functional groups attached to an aromatic ring is 1. The molecule has 30 heavy (non-hydrogen) atoms. The minimum atomic E-state index is 0.143. The third kappa shape index (κ3) is 7.81. The number of nitrogens with one attached hydrogen (secondary N) is 1. The molecule has 0 radical (unpaired) electrons. The number of aryl methyl sites for hydroxylation is 1. The van der Waals surface area contributed by atoms with Gasteiger partial charge in [0.15, 0.2) is 0 Å². The highest BCUT2D eigenvalue weighted by atomic mass is 16.5. The Balaban J connectivity index is 0.00000141. The molecule has 1 atom stereocenters. The summed E-state index contributed by atoms with van der Waals surface area (Å²) in [6.45, 7) is 4.38. The van der Waals surface area contributed by atoms with Crippen LogP contribution < -0.4 is 15.8 Å². The molecule has 1 heterocycles. The smallest absolute Gasteiger partial charge is 0.373 e. The van der Waals surface area contributed by atoms with Crippen molar-refractivity contribution >= 4 is 17.9 Å². The molecule has 0 aliphatic carbocycles. The Bertz CT molecular complexity index is 808. The van der Waals surface area contributed by atoms with Crippen molar-refractivity contribution < 1.29 is 19.4 Å². The Morgan fingerprint density at radius 1 is 1.20 bits per heavy atom. The van der Waals surface area contributed by atoms with Gasteiger partial charge < -0.3 is 20.9 Å². The van der Waals surface area contributed by atoms with Crippen molar-refractivity contribution in [1.29, 1.82) is 0 Å². The van der Waals surface area contributed by atoms with E-state index >= 15 is 0 Å². The Hall–Kier alpha value is -2.96. The lowest BCUT2D eigenvalue weighted by Crippen LogP contribution is -2.24. The second-order valence-corrected chi connectivity index (χ2v) is 6.78. The summed E-state index contributed by atoms with van der Waals surface area (Å²) < 4.78 is 5.51. The standard InChI is InChI=1S/C21H32N4O2.CO2/c1-4-6-10-16(12-13-26)23-20-17(18(5-2)24-21(22)25-20)14-15-9-7-8-11-19(15)27-3;2-1-3/h7-9,11,16,26H,4-6,10,12-14H2,1-3H3,(H3,22,23,24,25);/t16-;/m0./s1. The summed E-state index contributed by atoms with van der Waals surface area (Å²) in [5.41, 5.74) is 9.03. The number of hydrogen-bond donors (Lipinski definition) is 3. The fraction of sp³-hybridized carbons (Fsp3) is 0.500. The van der Waals surface area contributed by atoms with Gasteiger partial charge in [-0.2, -0.15) is 14.6 Å². The van der Waals surface area contributed by atoms with Crippen LogP contribution in [0, 0.1) is 0 Å². The number of anilines is 2. The van der Waals surface area contributed by atoms with E-state index in [9.17, 15) is 5.11 Å². The van der Waals surface area contributed by atoms with Gasteiger partial charge >= 0.3 is 6.15 Å². The van der Waals surface area contributed by atoms with Gasteiger partial charge in [0.2, 0.25) is 5.95 Å². The van der Waals surface area contributed by atoms with E-state index in [1.807, 2.05) is 18.2 Å². The SMILES string of the molecule is CCCC[C@@H](CCO)Nc1nc(N)nc(CC)c1Cc1ccccc1OC.O=C=O. The van der Waals surface area contributed by atoms with E-state index in [1.165, 1.54) is 0 Å². The molecule has 2 aromatic rings. The van der Waals surface area contributed by atoms with Gasteiger partial charge in [0.05, 0.1) is 12.8 Å². The number of hydrogen-bond acceptors (Lipinski definition) is 8. The first-order valence-corrected chi connectivity index (χ1v) is 10.2. The van der Waals surface area contributed by atoms with Crippen molar-refractivity contribution in [1.82, 2.24) is 9.97 Å². The molecule has 1 aromatic heterocycles. The summed E-state index contributed by atoms with van der Waals surface area (Å²) in [6.07, 6.45) is 5.56. The van der Waals surface area contributed by atoms with E-state index < -0.39 is 0 Å². The molecule has 0 fully saturated rings. The second-order valence-electron chi connectivity index (χ2n) is 6.78. The number of benzene rings is 1. The first-order chi connectivity index (χ1) is 14.5. The van der Waals surface area contributed by atoms with Crippen molar-refractivity contribution in [2.45, 2.75) is 58.4 Å². The summed E-state index contributed by atoms with van der Waals surface area (Å²) in [7, 11) is 1.68. The summed E-state index contributed by atoms with van der Waals surface area (Å²) >= 11 is 0. The van der Waals surface area contributed by atoms with Crippen LogP contribution in [-0.2, 0) is 22.4 Å². The minimum absolute atomic E-state index is 0.143. The predicted octanol–water partition coefficient (Wildman–Crippen LogP) is 2.99. The van der Waals surface area contributed by atoms with Gasteiger partial charge in [-0.05, 0) is 30.9 Å². The zero-order valence-electron chi connectivity index (χ0n) is 18.0. The van der Waals surface area contributed by atoms with E-state index in [-0.39, 0.29) is 24.7 Å². The first kappa shape index (κ1) is 25.1. The largest absolute Gasteiger partial charge is 0.496 e. The molecule has 8 heteroatoms. The number of ether oxygens (including phenoxy) is 1. The Morgan fingerprint density at radius 3 is 2.50 bits per heavy atom. The van der Waals surface area contributed by atoms with Gasteiger partial charge in [-0.3, -0.25) is 0 Å². The topological polar surface area (TPSA) is 127 Å². The molecular formula is C22H32N4O4. The van der Waals surface area contributed by atoms with Crippen molar-refractivity contribution in [2.75, 3.05) is 24.8 Å². The third-order valence-corrected chi connectivity index (χ3v) is 4.73. The van der Waals surface area contributed by atoms with E-state index in [0.29, 0.717) is 12.8 Å². The van der Waals surface area contributed by atoms with Gasteiger partial charge in [0.25, 0.3) is 0 Å². The lowest BCUT2D eigenvalue weighted by atomic mass is 10.0. The van der Waals surface area contributed by atoms with Gasteiger partial charge in [-0.15, -0.1) is 0 Å². The lowest BCUT2D eigenvalue weighted by Gasteiger charge is -2.22. The molecule has 0 amide bonds. The van der Waals surface area contributed by atoms with Gasteiger partial charge in [0, 0.05) is 24.6 Å². The van der Waals surface area contributed by atoms with Gasteiger partial charge in [0.1, 0.15) is 11.6 Å². The lowest BCUT2D eigenvalue weighted by molar-refractivity contribution is -0.191. The average Bonchev–Trinajstić information content (AvgIpc) is 2.74. The molecule has 0 unspecified atom stereocenters. The fourth-order valence-electron chi connectivity index (χ4n) is 3.27. The molecule has 0 spiro atoms. The van der Waals surface area contributed by atoms with Crippen LogP contribution in [0.25, 0.3) is 0 Å². The highest BCUT2D eigenvalue weighted by molar-refractivity contribution is 5.53. The van der Waals surface area contributed by atoms with Crippen LogP contribution in [0.1, 0.15) is 56.4 Å². The number of aliphatic hydroxyl groups excluding tert-OH is 1. The van der Waals surface area contributed by atoms with Crippen molar-refractivity contribution in [3.8, 4) is 5.75 Å². The van der Waals surface area contributed by atoms with Gasteiger partial charge in [-0.1, -0.05) is 44.9 Å². The van der Waals surface area contributed by atoms with Gasteiger partial charge in [-0.25, -0.2) is 4.98 Å². The second kappa shape index (κ2) is 14.1. The van der Waals surface area contributed by atoms with Crippen LogP contribution in [0.4, 0.5) is 11.8 Å². The Labute approximate surface area is 177 Å². The zero-order chi connectivity index (χ0) is 22.4. The molecule has 8 nitrogen and oxygen atoms in total. The number of unbranched alkanes of at least 4 members (excludes halogenated alkanes) is 1. The maximum absolute atomic E-state index is 9.43. The number of rotatable bonds is 11. The van der Waals surface area contributed by atoms with E-state index in [4.69, 9.17) is 20.1 Å². The maximum Gasteiger partial charge on any atom is 0.373 e. The summed E-state index contributed by atoms with van der Waals surface area (Å²) in [5.74, 6) is 1.89. The number of nitrogens with two attached hydrogens (primary N) is 1. The van der Waals surface area contributed by atoms with E-state index in [2.05, 4.69) is 35.2 Å². The van der Waals surface area contributed by atoms with Crippen LogP contribution in [0.5, 0.6) is 5.75 Å². The molecule has 4 N–H and O–H groups in total. The highest BCUT2D eigenvalue weighted by Crippen LogP contribution is 2.28. The number of carbonyl (C=O) groups excluding carboxylic acids is 2. The normalized spacial score (nSPS) is 11.1. The number of nitrogens with zero attached hydrogens (tertiary/aromatic N) is 2. The zero-order valence-corrected chi connectivity index (χ0v) is 18.0. The summed E-state index contributed by atoms with van der Waals surface area (Å²) in [4.78, 5) is 25.2. The quantitative estimate of drug-likeness (QED) is 0.510. The van der Waals surface area contributed by atoms with Crippen LogP contribution in [0.3, 0.4) is 0 Å². The molecular weight excluding hydrogens is 384 g/mol. The van der Waals surface area contributed by atoms with Crippen LogP contribution >= 0.6 is 0 Å². The van der Waals surface area contributed by atoms with Crippen molar-refractivity contribution in [3.63, 3.8) is 0 Å². The molecule has 164 valence electrons. The number of aliphatic hydroxyl groups is 1. The number of para-hydroxylation sites is 1. The molecule has 0 aliphatic rings. The monoisotopic (exact) mass is 416 g/mol.